The third-order valence-electron chi connectivity index (χ3n) is 2.83. The third kappa shape index (κ3) is 4.40. The van der Waals surface area contributed by atoms with Gasteiger partial charge in [-0.15, -0.1) is 11.8 Å². The summed E-state index contributed by atoms with van der Waals surface area (Å²) in [5.41, 5.74) is 0.910. The van der Waals surface area contributed by atoms with Gasteiger partial charge in [0.05, 0.1) is 18.4 Å². The number of carbonyl (C=O) groups is 1. The van der Waals surface area contributed by atoms with Gasteiger partial charge in [-0.25, -0.2) is 0 Å². The molecule has 1 amide bonds. The van der Waals surface area contributed by atoms with Crippen molar-refractivity contribution < 1.29 is 9.90 Å². The summed E-state index contributed by atoms with van der Waals surface area (Å²) in [7, 11) is 0. The summed E-state index contributed by atoms with van der Waals surface area (Å²) >= 11 is 1.48. The maximum absolute atomic E-state index is 11.9. The Balaban J connectivity index is 1.87. The molecule has 20 heavy (non-hydrogen) atoms. The van der Waals surface area contributed by atoms with Crippen LogP contribution in [0.4, 0.5) is 0 Å². The Labute approximate surface area is 123 Å². The fourth-order valence-electron chi connectivity index (χ4n) is 1.82. The Kier molecular flexibility index (Phi) is 5.65. The van der Waals surface area contributed by atoms with Gasteiger partial charge in [-0.05, 0) is 17.7 Å². The van der Waals surface area contributed by atoms with Crippen LogP contribution in [0.2, 0.25) is 0 Å². The van der Waals surface area contributed by atoms with Gasteiger partial charge in [0.2, 0.25) is 5.91 Å². The molecule has 0 aliphatic heterocycles. The average molecular weight is 287 g/mol. The highest BCUT2D eigenvalue weighted by Gasteiger charge is 2.13. The Morgan fingerprint density at radius 2 is 1.65 bits per heavy atom. The molecule has 2 rings (SSSR count). The molecule has 0 saturated carbocycles. The molecule has 0 saturated heterocycles. The molecule has 0 fully saturated rings. The van der Waals surface area contributed by atoms with E-state index in [4.69, 9.17) is 0 Å². The lowest BCUT2D eigenvalue weighted by molar-refractivity contribution is -0.119. The second-order valence-electron chi connectivity index (χ2n) is 4.32. The van der Waals surface area contributed by atoms with Gasteiger partial charge in [-0.2, -0.15) is 0 Å². The predicted molar refractivity (Wildman–Crippen MR) is 81.6 cm³/mol. The number of aliphatic hydroxyl groups is 1. The quantitative estimate of drug-likeness (QED) is 0.803. The van der Waals surface area contributed by atoms with E-state index in [1.165, 1.54) is 11.8 Å². The fourth-order valence-corrected chi connectivity index (χ4v) is 2.55. The first-order valence-electron chi connectivity index (χ1n) is 6.42. The number of hydrogen-bond acceptors (Lipinski definition) is 3. The van der Waals surface area contributed by atoms with E-state index in [1.54, 1.807) is 0 Å². The zero-order valence-electron chi connectivity index (χ0n) is 11.0. The summed E-state index contributed by atoms with van der Waals surface area (Å²) in [6.45, 7) is -0.105. The fraction of sp³-hybridized carbons (Fsp3) is 0.188. The summed E-state index contributed by atoms with van der Waals surface area (Å²) in [5, 5.41) is 12.2. The largest absolute Gasteiger partial charge is 0.394 e. The third-order valence-corrected chi connectivity index (χ3v) is 3.84. The Bertz CT molecular complexity index is 531. The normalized spacial score (nSPS) is 11.8. The lowest BCUT2D eigenvalue weighted by atomic mass is 10.1. The number of nitrogens with one attached hydrogen (secondary N) is 1. The van der Waals surface area contributed by atoms with E-state index < -0.39 is 0 Å². The number of carbonyl (C=O) groups excluding carboxylic acids is 1. The Morgan fingerprint density at radius 3 is 2.25 bits per heavy atom. The minimum atomic E-state index is -0.347. The second kappa shape index (κ2) is 7.72. The van der Waals surface area contributed by atoms with E-state index in [9.17, 15) is 9.90 Å². The van der Waals surface area contributed by atoms with E-state index in [-0.39, 0.29) is 18.6 Å². The van der Waals surface area contributed by atoms with Crippen molar-refractivity contribution in [1.29, 1.82) is 0 Å². The summed E-state index contributed by atoms with van der Waals surface area (Å²) in [6, 6.07) is 18.9. The van der Waals surface area contributed by atoms with Crippen molar-refractivity contribution in [3.05, 3.63) is 66.2 Å². The molecule has 0 spiro atoms. The topological polar surface area (TPSA) is 49.3 Å². The van der Waals surface area contributed by atoms with Crippen LogP contribution < -0.4 is 5.32 Å². The van der Waals surface area contributed by atoms with Crippen molar-refractivity contribution in [1.82, 2.24) is 5.32 Å². The maximum Gasteiger partial charge on any atom is 0.230 e. The monoisotopic (exact) mass is 287 g/mol. The molecule has 0 heterocycles. The van der Waals surface area contributed by atoms with Crippen molar-refractivity contribution in [2.75, 3.05) is 12.4 Å². The van der Waals surface area contributed by atoms with E-state index in [0.717, 1.165) is 10.5 Å². The Hall–Kier alpha value is -1.78. The minimum absolute atomic E-state index is 0.0817. The van der Waals surface area contributed by atoms with E-state index >= 15 is 0 Å². The smallest absolute Gasteiger partial charge is 0.230 e. The average Bonchev–Trinajstić information content (AvgIpc) is 2.52. The summed E-state index contributed by atoms with van der Waals surface area (Å²) in [5.74, 6) is 0.259. The van der Waals surface area contributed by atoms with Crippen LogP contribution in [0.25, 0.3) is 0 Å². The zero-order chi connectivity index (χ0) is 14.2. The minimum Gasteiger partial charge on any atom is -0.394 e. The van der Waals surface area contributed by atoms with Gasteiger partial charge in [0.15, 0.2) is 0 Å². The lowest BCUT2D eigenvalue weighted by Gasteiger charge is -2.16. The number of thioether (sulfide) groups is 1. The molecule has 2 N–H and O–H groups in total. The molecule has 0 aliphatic rings. The van der Waals surface area contributed by atoms with Crippen LogP contribution in [-0.4, -0.2) is 23.4 Å². The van der Waals surface area contributed by atoms with Gasteiger partial charge in [0.1, 0.15) is 0 Å². The van der Waals surface area contributed by atoms with Gasteiger partial charge in [-0.3, -0.25) is 4.79 Å². The van der Waals surface area contributed by atoms with Gasteiger partial charge < -0.3 is 10.4 Å². The lowest BCUT2D eigenvalue weighted by Crippen LogP contribution is -2.32. The van der Waals surface area contributed by atoms with Crippen LogP contribution in [0, 0.1) is 0 Å². The first kappa shape index (κ1) is 14.6. The highest BCUT2D eigenvalue weighted by Crippen LogP contribution is 2.17. The van der Waals surface area contributed by atoms with Crippen molar-refractivity contribution >= 4 is 17.7 Å². The summed E-state index contributed by atoms with van der Waals surface area (Å²) in [6.07, 6.45) is 0. The molecule has 0 aromatic heterocycles. The predicted octanol–water partition coefficient (Wildman–Crippen LogP) is 2.63. The number of rotatable bonds is 6. The number of hydrogen-bond donors (Lipinski definition) is 2. The van der Waals surface area contributed by atoms with Crippen LogP contribution in [0.3, 0.4) is 0 Å². The molecule has 2 aromatic carbocycles. The standard InChI is InChI=1S/C16H17NO2S/c18-11-15(13-7-3-1-4-8-13)17-16(19)12-20-14-9-5-2-6-10-14/h1-10,15,18H,11-12H2,(H,17,19). The molecule has 1 atom stereocenters. The van der Waals surface area contributed by atoms with Crippen LogP contribution >= 0.6 is 11.8 Å². The van der Waals surface area contributed by atoms with Crippen molar-refractivity contribution in [2.45, 2.75) is 10.9 Å². The van der Waals surface area contributed by atoms with Gasteiger partial charge >= 0.3 is 0 Å². The molecule has 0 aliphatic carbocycles. The zero-order valence-corrected chi connectivity index (χ0v) is 11.8. The molecule has 3 nitrogen and oxygen atoms in total. The first-order chi connectivity index (χ1) is 9.79. The molecule has 0 radical (unpaired) electrons. The number of benzene rings is 2. The van der Waals surface area contributed by atoms with Crippen molar-refractivity contribution in [3.63, 3.8) is 0 Å². The van der Waals surface area contributed by atoms with Gasteiger partial charge in [0, 0.05) is 4.90 Å². The van der Waals surface area contributed by atoms with Gasteiger partial charge in [0.25, 0.3) is 0 Å². The van der Waals surface area contributed by atoms with Crippen LogP contribution in [0.15, 0.2) is 65.6 Å². The highest BCUT2D eigenvalue weighted by atomic mass is 32.2. The summed E-state index contributed by atoms with van der Waals surface area (Å²) < 4.78 is 0. The number of amides is 1. The van der Waals surface area contributed by atoms with Gasteiger partial charge in [-0.1, -0.05) is 48.5 Å². The number of aliphatic hydroxyl groups excluding tert-OH is 1. The van der Waals surface area contributed by atoms with E-state index in [2.05, 4.69) is 5.32 Å². The van der Waals surface area contributed by atoms with Crippen molar-refractivity contribution in [3.8, 4) is 0 Å². The first-order valence-corrected chi connectivity index (χ1v) is 7.41. The van der Waals surface area contributed by atoms with Crippen LogP contribution in [0.5, 0.6) is 0 Å². The highest BCUT2D eigenvalue weighted by molar-refractivity contribution is 8.00. The molecule has 4 heteroatoms. The molecular weight excluding hydrogens is 270 g/mol. The van der Waals surface area contributed by atoms with Crippen LogP contribution in [0.1, 0.15) is 11.6 Å². The molecular formula is C16H17NO2S. The SMILES string of the molecule is O=C(CSc1ccccc1)NC(CO)c1ccccc1. The summed E-state index contributed by atoms with van der Waals surface area (Å²) in [4.78, 5) is 13.0. The van der Waals surface area contributed by atoms with E-state index in [0.29, 0.717) is 5.75 Å². The molecule has 1 unspecified atom stereocenters. The van der Waals surface area contributed by atoms with Crippen molar-refractivity contribution in [2.24, 2.45) is 0 Å². The molecule has 0 bridgehead atoms. The maximum atomic E-state index is 11.9. The van der Waals surface area contributed by atoms with Crippen LogP contribution in [-0.2, 0) is 4.79 Å². The van der Waals surface area contributed by atoms with E-state index in [1.807, 2.05) is 60.7 Å². The Morgan fingerprint density at radius 1 is 1.05 bits per heavy atom. The second-order valence-corrected chi connectivity index (χ2v) is 5.36. The molecule has 104 valence electrons. The molecule has 2 aromatic rings.